The first-order chi connectivity index (χ1) is 14.2. The van der Waals surface area contributed by atoms with Crippen LogP contribution in [0.5, 0.6) is 0 Å². The maximum absolute atomic E-state index is 2.65. The van der Waals surface area contributed by atoms with Crippen LogP contribution in [-0.4, -0.2) is 12.3 Å². The zero-order chi connectivity index (χ0) is 20.6. The predicted molar refractivity (Wildman–Crippen MR) is 128 cm³/mol. The first-order valence-corrected chi connectivity index (χ1v) is 17.5. The van der Waals surface area contributed by atoms with Crippen LogP contribution in [0.2, 0.25) is 0 Å². The van der Waals surface area contributed by atoms with Crippen LogP contribution >= 0.6 is 7.92 Å². The van der Waals surface area contributed by atoms with Crippen LogP contribution in [0.25, 0.3) is 6.08 Å². The maximum atomic E-state index is 2.65. The Labute approximate surface area is 216 Å². The van der Waals surface area contributed by atoms with Crippen molar-refractivity contribution in [1.82, 2.24) is 0 Å². The summed E-state index contributed by atoms with van der Waals surface area (Å²) in [6.45, 7) is 9.52. The van der Waals surface area contributed by atoms with Gasteiger partial charge in [0.2, 0.25) is 0 Å². The summed E-state index contributed by atoms with van der Waals surface area (Å²) in [4.78, 5) is 0. The molecule has 4 heteroatoms. The first kappa shape index (κ1) is 29.4. The van der Waals surface area contributed by atoms with Gasteiger partial charge in [-0.3, -0.25) is 0 Å². The molecule has 0 fully saturated rings. The van der Waals surface area contributed by atoms with E-state index in [1.54, 1.807) is 16.7 Å². The van der Waals surface area contributed by atoms with Crippen LogP contribution in [0.4, 0.5) is 0 Å². The molecule has 0 spiro atoms. The second-order valence-electron chi connectivity index (χ2n) is 8.70. The number of fused-ring (bicyclic) bond motifs is 1. The maximum Gasteiger partial charge on any atom is -1.00 e. The molecule has 2 unspecified atom stereocenters. The molecule has 0 amide bonds. The van der Waals surface area contributed by atoms with Crippen molar-refractivity contribution in [3.8, 4) is 0 Å². The van der Waals surface area contributed by atoms with Gasteiger partial charge in [0.25, 0.3) is 0 Å². The third kappa shape index (κ3) is 7.67. The Balaban J connectivity index is 0.00000240. The zero-order valence-electron chi connectivity index (χ0n) is 19.8. The van der Waals surface area contributed by atoms with E-state index in [1.165, 1.54) is 57.3 Å². The van der Waals surface area contributed by atoms with E-state index in [2.05, 4.69) is 70.2 Å². The number of unbranched alkanes of at least 4 members (excludes halogenated alkanes) is 2. The van der Waals surface area contributed by atoms with Gasteiger partial charge in [-0.05, 0) is 0 Å². The minimum Gasteiger partial charge on any atom is -1.00 e. The van der Waals surface area contributed by atoms with Gasteiger partial charge in [0.15, 0.2) is 0 Å². The normalized spacial score (nSPS) is 17.7. The van der Waals surface area contributed by atoms with Crippen molar-refractivity contribution in [3.05, 3.63) is 61.8 Å². The van der Waals surface area contributed by atoms with Crippen molar-refractivity contribution in [1.29, 1.82) is 0 Å². The third-order valence-electron chi connectivity index (χ3n) is 6.37. The van der Waals surface area contributed by atoms with E-state index in [9.17, 15) is 0 Å². The van der Waals surface area contributed by atoms with Gasteiger partial charge in [0.1, 0.15) is 0 Å². The monoisotopic (exact) mass is 644 g/mol. The fourth-order valence-electron chi connectivity index (χ4n) is 4.69. The minimum atomic E-state index is -0.951. The SMILES string of the molecule is CCCCP(CCCC)C1=Cc2ccccc2[CH]1[Hf+2][C]1=C(C(C)CCC)C=CC1.[Cl-].[Cl-]. The van der Waals surface area contributed by atoms with Crippen molar-refractivity contribution < 1.29 is 47.7 Å². The molecule has 170 valence electrons. The van der Waals surface area contributed by atoms with E-state index in [0.29, 0.717) is 0 Å². The number of allylic oxidation sites excluding steroid dienone is 5. The summed E-state index contributed by atoms with van der Waals surface area (Å²) < 4.78 is 2.74. The van der Waals surface area contributed by atoms with E-state index in [4.69, 9.17) is 0 Å². The molecular weight excluding hydrogens is 605 g/mol. The van der Waals surface area contributed by atoms with E-state index in [0.717, 1.165) is 9.59 Å². The van der Waals surface area contributed by atoms with Gasteiger partial charge >= 0.3 is 193 Å². The van der Waals surface area contributed by atoms with Gasteiger partial charge in [-0.15, -0.1) is 0 Å². The van der Waals surface area contributed by atoms with Crippen molar-refractivity contribution in [2.45, 2.75) is 76.3 Å². The average molecular weight is 644 g/mol. The molecule has 0 N–H and O–H groups in total. The van der Waals surface area contributed by atoms with E-state index in [-0.39, 0.29) is 32.7 Å². The van der Waals surface area contributed by atoms with E-state index < -0.39 is 22.9 Å². The summed E-state index contributed by atoms with van der Waals surface area (Å²) >= 11 is -0.951. The Hall–Kier alpha value is 0.320. The zero-order valence-corrected chi connectivity index (χ0v) is 25.8. The summed E-state index contributed by atoms with van der Waals surface area (Å²) in [5.41, 5.74) is 4.98. The number of hydrogen-bond donors (Lipinski definition) is 0. The first-order valence-electron chi connectivity index (χ1n) is 11.9. The smallest absolute Gasteiger partial charge is 1.00 e. The second kappa shape index (κ2) is 15.3. The van der Waals surface area contributed by atoms with Crippen LogP contribution in [0.15, 0.2) is 50.6 Å². The average Bonchev–Trinajstić information content (AvgIpc) is 3.34. The summed E-state index contributed by atoms with van der Waals surface area (Å²) in [5.74, 6) is 0.757. The predicted octanol–water partition coefficient (Wildman–Crippen LogP) is 2.91. The molecule has 2 atom stereocenters. The number of halogens is 2. The van der Waals surface area contributed by atoms with Gasteiger partial charge in [-0.2, -0.15) is 0 Å². The topological polar surface area (TPSA) is 0 Å². The van der Waals surface area contributed by atoms with E-state index >= 15 is 0 Å². The fourth-order valence-corrected chi connectivity index (χ4v) is 16.4. The molecule has 0 saturated heterocycles. The number of benzene rings is 1. The Morgan fingerprint density at radius 3 is 2.32 bits per heavy atom. The molecule has 0 saturated carbocycles. The molecule has 0 bridgehead atoms. The molecule has 2 aliphatic rings. The molecule has 31 heavy (non-hydrogen) atoms. The summed E-state index contributed by atoms with van der Waals surface area (Å²) in [6.07, 6.45) is 19.9. The van der Waals surface area contributed by atoms with Gasteiger partial charge < -0.3 is 24.8 Å². The Morgan fingerprint density at radius 2 is 1.68 bits per heavy atom. The van der Waals surface area contributed by atoms with Crippen molar-refractivity contribution in [2.24, 2.45) is 5.92 Å². The number of rotatable bonds is 12. The van der Waals surface area contributed by atoms with Gasteiger partial charge in [0.05, 0.1) is 0 Å². The molecule has 0 aromatic heterocycles. The van der Waals surface area contributed by atoms with Crippen LogP contribution in [0, 0.1) is 5.92 Å². The van der Waals surface area contributed by atoms with Crippen molar-refractivity contribution >= 4 is 14.0 Å². The summed E-state index contributed by atoms with van der Waals surface area (Å²) in [6, 6.07) is 9.37. The van der Waals surface area contributed by atoms with Crippen molar-refractivity contribution in [2.75, 3.05) is 12.3 Å². The summed E-state index contributed by atoms with van der Waals surface area (Å²) in [5, 5.41) is 1.90. The minimum absolute atomic E-state index is 0. The Bertz CT molecular complexity index is 760. The van der Waals surface area contributed by atoms with Crippen molar-refractivity contribution in [3.63, 3.8) is 0 Å². The van der Waals surface area contributed by atoms with E-state index in [1.807, 2.05) is 8.64 Å². The molecule has 0 nitrogen and oxygen atoms in total. The standard InChI is InChI=1S/C17H24P.C10H15.2ClH.Hf/c1-3-5-11-18(12-6-4-2)17-13-15-9-7-8-10-16(15)14-17;1-3-6-9(2)10-7-4-5-8-10;;;/h7-10,13-14H,3-6,11-12H2,1-2H3;4,7,9H,3,5-6H2,1-2H3;2*1H;/q;;;;+2/p-2. The molecule has 0 aliphatic heterocycles. The fraction of sp³-hybridized carbons (Fsp3) is 0.556. The Kier molecular flexibility index (Phi) is 14.5. The number of hydrogen-bond acceptors (Lipinski definition) is 0. The molecule has 3 rings (SSSR count). The van der Waals surface area contributed by atoms with Gasteiger partial charge in [-0.25, -0.2) is 0 Å². The van der Waals surface area contributed by atoms with Gasteiger partial charge in [-0.1, -0.05) is 0 Å². The largest absolute Gasteiger partial charge is 1.00 e. The molecule has 0 radical (unpaired) electrons. The van der Waals surface area contributed by atoms with Crippen LogP contribution < -0.4 is 24.8 Å². The third-order valence-corrected chi connectivity index (χ3v) is 16.4. The van der Waals surface area contributed by atoms with Crippen LogP contribution in [-0.2, 0) is 22.9 Å². The molecule has 1 aromatic carbocycles. The summed E-state index contributed by atoms with van der Waals surface area (Å²) in [7, 11) is 0.0510. The van der Waals surface area contributed by atoms with Crippen LogP contribution in [0.3, 0.4) is 0 Å². The molecule has 2 aliphatic carbocycles. The molecular formula is C27H39Cl2HfP. The van der Waals surface area contributed by atoms with Gasteiger partial charge in [0, 0.05) is 0 Å². The molecule has 1 aromatic rings. The van der Waals surface area contributed by atoms with Crippen LogP contribution in [0.1, 0.15) is 87.4 Å². The second-order valence-corrected chi connectivity index (χ2v) is 16.5. The molecule has 0 heterocycles. The Morgan fingerprint density at radius 1 is 1.00 bits per heavy atom. The quantitative estimate of drug-likeness (QED) is 0.243.